The number of phenols is 1. The Morgan fingerprint density at radius 3 is 2.35 bits per heavy atom. The van der Waals surface area contributed by atoms with Crippen LogP contribution in [-0.2, 0) is 0 Å². The van der Waals surface area contributed by atoms with Gasteiger partial charge >= 0.3 is 0 Å². The normalized spacial score (nSPS) is 10.6. The average molecular weight is 235 g/mol. The van der Waals surface area contributed by atoms with Crippen molar-refractivity contribution in [3.05, 3.63) is 29.3 Å². The number of benzene rings is 1. The molecule has 0 atom stereocenters. The third-order valence-corrected chi connectivity index (χ3v) is 2.97. The minimum Gasteiger partial charge on any atom is -0.507 e. The first-order chi connectivity index (χ1) is 8.01. The number of nitrogens with zero attached hydrogens (tertiary/aromatic N) is 1. The smallest absolute Gasteiger partial charge is 0.257 e. The van der Waals surface area contributed by atoms with Gasteiger partial charge in [-0.05, 0) is 37.5 Å². The summed E-state index contributed by atoms with van der Waals surface area (Å²) in [4.78, 5) is 13.9. The van der Waals surface area contributed by atoms with Gasteiger partial charge in [0.2, 0.25) is 0 Å². The molecular formula is C14H21NO2. The number of carbonyl (C=O) groups excluding carboxylic acids is 1. The second-order valence-electron chi connectivity index (χ2n) is 4.41. The van der Waals surface area contributed by atoms with Crippen molar-refractivity contribution in [2.75, 3.05) is 13.1 Å². The molecule has 0 spiro atoms. The third-order valence-electron chi connectivity index (χ3n) is 2.97. The highest BCUT2D eigenvalue weighted by Crippen LogP contribution is 2.24. The van der Waals surface area contributed by atoms with Crippen molar-refractivity contribution in [1.29, 1.82) is 0 Å². The first kappa shape index (κ1) is 13.6. The second kappa shape index (κ2) is 5.71. The predicted octanol–water partition coefficient (Wildman–Crippen LogP) is 3.00. The van der Waals surface area contributed by atoms with E-state index in [0.29, 0.717) is 24.6 Å². The van der Waals surface area contributed by atoms with Crippen molar-refractivity contribution in [1.82, 2.24) is 4.90 Å². The Hall–Kier alpha value is -1.51. The molecule has 0 aliphatic rings. The van der Waals surface area contributed by atoms with Gasteiger partial charge in [-0.2, -0.15) is 0 Å². The monoisotopic (exact) mass is 235 g/mol. The van der Waals surface area contributed by atoms with E-state index < -0.39 is 0 Å². The molecule has 0 aromatic heterocycles. The van der Waals surface area contributed by atoms with Gasteiger partial charge in [-0.25, -0.2) is 0 Å². The number of carbonyl (C=O) groups is 1. The van der Waals surface area contributed by atoms with Crippen LogP contribution in [0.3, 0.4) is 0 Å². The molecule has 0 fully saturated rings. The summed E-state index contributed by atoms with van der Waals surface area (Å²) in [7, 11) is 0. The molecule has 1 aromatic rings. The van der Waals surface area contributed by atoms with Crippen LogP contribution in [0.25, 0.3) is 0 Å². The number of phenolic OH excluding ortho intramolecular Hbond substituents is 1. The molecule has 94 valence electrons. The molecule has 1 rings (SSSR count). The number of amides is 1. The van der Waals surface area contributed by atoms with E-state index >= 15 is 0 Å². The lowest BCUT2D eigenvalue weighted by atomic mass is 9.99. The van der Waals surface area contributed by atoms with Crippen LogP contribution in [0.2, 0.25) is 0 Å². The molecule has 0 unspecified atom stereocenters. The van der Waals surface area contributed by atoms with E-state index in [4.69, 9.17) is 0 Å². The molecular weight excluding hydrogens is 214 g/mol. The lowest BCUT2D eigenvalue weighted by Crippen LogP contribution is -2.30. The minimum absolute atomic E-state index is 0.0614. The number of hydrogen-bond acceptors (Lipinski definition) is 2. The Bertz CT molecular complexity index is 395. The summed E-state index contributed by atoms with van der Waals surface area (Å²) >= 11 is 0. The summed E-state index contributed by atoms with van der Waals surface area (Å²) in [5.74, 6) is 0.306. The van der Waals surface area contributed by atoms with E-state index in [9.17, 15) is 9.90 Å². The van der Waals surface area contributed by atoms with E-state index in [-0.39, 0.29) is 11.7 Å². The molecule has 0 radical (unpaired) electrons. The van der Waals surface area contributed by atoms with Gasteiger partial charge in [0.25, 0.3) is 5.91 Å². The number of hydrogen-bond donors (Lipinski definition) is 1. The topological polar surface area (TPSA) is 40.5 Å². The lowest BCUT2D eigenvalue weighted by molar-refractivity contribution is 0.0770. The highest BCUT2D eigenvalue weighted by atomic mass is 16.3. The van der Waals surface area contributed by atoms with Gasteiger partial charge in [0.1, 0.15) is 5.75 Å². The first-order valence-electron chi connectivity index (χ1n) is 6.13. The Morgan fingerprint density at radius 2 is 1.88 bits per heavy atom. The van der Waals surface area contributed by atoms with E-state index in [1.807, 2.05) is 19.9 Å². The quantitative estimate of drug-likeness (QED) is 0.871. The summed E-state index contributed by atoms with van der Waals surface area (Å²) in [5.41, 5.74) is 1.47. The van der Waals surface area contributed by atoms with Crippen LogP contribution in [0.5, 0.6) is 5.75 Å². The maximum Gasteiger partial charge on any atom is 0.257 e. The van der Waals surface area contributed by atoms with Crippen molar-refractivity contribution in [2.24, 2.45) is 0 Å². The van der Waals surface area contributed by atoms with Gasteiger partial charge in [-0.3, -0.25) is 4.79 Å². The van der Waals surface area contributed by atoms with Gasteiger partial charge in [0.15, 0.2) is 0 Å². The predicted molar refractivity (Wildman–Crippen MR) is 69.4 cm³/mol. The second-order valence-corrected chi connectivity index (χ2v) is 4.41. The van der Waals surface area contributed by atoms with Crippen molar-refractivity contribution in [3.63, 3.8) is 0 Å². The first-order valence-corrected chi connectivity index (χ1v) is 6.13. The molecule has 0 saturated carbocycles. The molecule has 0 aliphatic carbocycles. The van der Waals surface area contributed by atoms with E-state index in [1.165, 1.54) is 0 Å². The zero-order valence-electron chi connectivity index (χ0n) is 11.0. The third kappa shape index (κ3) is 2.99. The summed E-state index contributed by atoms with van der Waals surface area (Å²) in [5, 5.41) is 9.78. The molecule has 0 saturated heterocycles. The molecule has 0 bridgehead atoms. The van der Waals surface area contributed by atoms with E-state index in [2.05, 4.69) is 13.8 Å². The fourth-order valence-electron chi connectivity index (χ4n) is 1.77. The lowest BCUT2D eigenvalue weighted by Gasteiger charge is -2.20. The maximum atomic E-state index is 12.2. The van der Waals surface area contributed by atoms with Gasteiger partial charge < -0.3 is 10.0 Å². The molecule has 0 aliphatic heterocycles. The van der Waals surface area contributed by atoms with Crippen LogP contribution >= 0.6 is 0 Å². The fraction of sp³-hybridized carbons (Fsp3) is 0.500. The van der Waals surface area contributed by atoms with E-state index in [0.717, 1.165) is 5.56 Å². The Morgan fingerprint density at radius 1 is 1.29 bits per heavy atom. The Kier molecular flexibility index (Phi) is 4.55. The number of rotatable bonds is 4. The van der Waals surface area contributed by atoms with Gasteiger partial charge in [0, 0.05) is 13.1 Å². The van der Waals surface area contributed by atoms with Crippen molar-refractivity contribution >= 4 is 5.91 Å². The van der Waals surface area contributed by atoms with Gasteiger partial charge in [-0.1, -0.05) is 19.9 Å². The van der Waals surface area contributed by atoms with E-state index in [1.54, 1.807) is 17.0 Å². The molecule has 1 amide bonds. The highest BCUT2D eigenvalue weighted by Gasteiger charge is 2.17. The largest absolute Gasteiger partial charge is 0.507 e. The van der Waals surface area contributed by atoms with Crippen LogP contribution in [0.4, 0.5) is 0 Å². The standard InChI is InChI=1S/C14H21NO2/c1-5-15(6-2)14(17)12-9-11(10(3)4)7-8-13(12)16/h7-10,16H,5-6H2,1-4H3. The van der Waals surface area contributed by atoms with Crippen LogP contribution < -0.4 is 0 Å². The molecule has 3 heteroatoms. The average Bonchev–Trinajstić information content (AvgIpc) is 2.30. The summed E-state index contributed by atoms with van der Waals surface area (Å²) in [6.07, 6.45) is 0. The minimum atomic E-state index is -0.102. The van der Waals surface area contributed by atoms with Crippen LogP contribution in [0.15, 0.2) is 18.2 Å². The molecule has 1 N–H and O–H groups in total. The van der Waals surface area contributed by atoms with Gasteiger partial charge in [-0.15, -0.1) is 0 Å². The Labute approximate surface area is 103 Å². The van der Waals surface area contributed by atoms with Crippen molar-refractivity contribution in [2.45, 2.75) is 33.6 Å². The van der Waals surface area contributed by atoms with Gasteiger partial charge in [0.05, 0.1) is 5.56 Å². The Balaban J connectivity index is 3.11. The fourth-order valence-corrected chi connectivity index (χ4v) is 1.77. The molecule has 3 nitrogen and oxygen atoms in total. The van der Waals surface area contributed by atoms with Crippen molar-refractivity contribution < 1.29 is 9.90 Å². The zero-order valence-corrected chi connectivity index (χ0v) is 11.0. The van der Waals surface area contributed by atoms with Crippen LogP contribution in [-0.4, -0.2) is 29.0 Å². The summed E-state index contributed by atoms with van der Waals surface area (Å²) in [6, 6.07) is 5.26. The van der Waals surface area contributed by atoms with Crippen LogP contribution in [0.1, 0.15) is 49.5 Å². The number of aromatic hydroxyl groups is 1. The zero-order chi connectivity index (χ0) is 13.0. The molecule has 17 heavy (non-hydrogen) atoms. The van der Waals surface area contributed by atoms with Crippen LogP contribution in [0, 0.1) is 0 Å². The maximum absolute atomic E-state index is 12.2. The molecule has 0 heterocycles. The highest BCUT2D eigenvalue weighted by molar-refractivity contribution is 5.97. The van der Waals surface area contributed by atoms with Crippen molar-refractivity contribution in [3.8, 4) is 5.75 Å². The SMILES string of the molecule is CCN(CC)C(=O)c1cc(C(C)C)ccc1O. The molecule has 1 aromatic carbocycles. The summed E-state index contributed by atoms with van der Waals surface area (Å²) in [6.45, 7) is 9.31. The summed E-state index contributed by atoms with van der Waals surface area (Å²) < 4.78 is 0.